The summed E-state index contributed by atoms with van der Waals surface area (Å²) in [6, 6.07) is 0.338. The summed E-state index contributed by atoms with van der Waals surface area (Å²) in [5.74, 6) is 0.940. The number of hydrogen-bond donors (Lipinski definition) is 2. The number of fused-ring (bicyclic) bond motifs is 1. The molecule has 6 heteroatoms. The highest BCUT2D eigenvalue weighted by Crippen LogP contribution is 2.11. The van der Waals surface area contributed by atoms with Gasteiger partial charge in [-0.2, -0.15) is 4.98 Å². The molecule has 3 N–H and O–H groups in total. The normalized spacial score (nSPS) is 12.9. The number of hydrogen-bond acceptors (Lipinski definition) is 5. The van der Waals surface area contributed by atoms with E-state index in [1.54, 1.807) is 16.9 Å². The van der Waals surface area contributed by atoms with Gasteiger partial charge in [0.15, 0.2) is 11.5 Å². The fraction of sp³-hybridized carbons (Fsp3) is 0.500. The SMILES string of the molecule is CCCC(C)Nc1nc(N)c2nccn2n1. The minimum atomic E-state index is 0.338. The van der Waals surface area contributed by atoms with E-state index < -0.39 is 0 Å². The molecule has 0 saturated heterocycles. The summed E-state index contributed by atoms with van der Waals surface area (Å²) < 4.78 is 1.63. The molecule has 0 aliphatic heterocycles. The third-order valence-corrected chi connectivity index (χ3v) is 2.38. The van der Waals surface area contributed by atoms with Gasteiger partial charge in [0.25, 0.3) is 0 Å². The Morgan fingerprint density at radius 1 is 1.56 bits per heavy atom. The third-order valence-electron chi connectivity index (χ3n) is 2.38. The van der Waals surface area contributed by atoms with Gasteiger partial charge in [0.05, 0.1) is 0 Å². The molecule has 0 aromatic carbocycles. The second-order valence-electron chi connectivity index (χ2n) is 3.85. The van der Waals surface area contributed by atoms with Gasteiger partial charge < -0.3 is 11.1 Å². The van der Waals surface area contributed by atoms with Crippen LogP contribution in [0.2, 0.25) is 0 Å². The molecule has 86 valence electrons. The maximum Gasteiger partial charge on any atom is 0.243 e. The van der Waals surface area contributed by atoms with Crippen molar-refractivity contribution in [3.63, 3.8) is 0 Å². The molecule has 0 bridgehead atoms. The van der Waals surface area contributed by atoms with Crippen molar-refractivity contribution in [3.05, 3.63) is 12.4 Å². The molecule has 0 aliphatic carbocycles. The van der Waals surface area contributed by atoms with Gasteiger partial charge in [0.1, 0.15) is 0 Å². The zero-order chi connectivity index (χ0) is 11.5. The summed E-state index contributed by atoms with van der Waals surface area (Å²) in [6.45, 7) is 4.24. The van der Waals surface area contributed by atoms with Crippen LogP contribution in [0.3, 0.4) is 0 Å². The van der Waals surface area contributed by atoms with E-state index in [9.17, 15) is 0 Å². The summed E-state index contributed by atoms with van der Waals surface area (Å²) >= 11 is 0. The third kappa shape index (κ3) is 2.05. The van der Waals surface area contributed by atoms with Crippen molar-refractivity contribution >= 4 is 17.4 Å². The van der Waals surface area contributed by atoms with E-state index >= 15 is 0 Å². The lowest BCUT2D eigenvalue weighted by Crippen LogP contribution is -2.18. The summed E-state index contributed by atoms with van der Waals surface area (Å²) in [6.07, 6.45) is 5.60. The lowest BCUT2D eigenvalue weighted by atomic mass is 10.2. The Morgan fingerprint density at radius 3 is 3.12 bits per heavy atom. The van der Waals surface area contributed by atoms with Crippen LogP contribution in [-0.4, -0.2) is 25.6 Å². The second kappa shape index (κ2) is 4.34. The molecule has 1 atom stereocenters. The number of imidazole rings is 1. The van der Waals surface area contributed by atoms with Crippen LogP contribution < -0.4 is 11.1 Å². The molecule has 16 heavy (non-hydrogen) atoms. The largest absolute Gasteiger partial charge is 0.380 e. The van der Waals surface area contributed by atoms with Crippen LogP contribution in [0.25, 0.3) is 5.65 Å². The number of aromatic nitrogens is 4. The average molecular weight is 220 g/mol. The molecule has 2 aromatic heterocycles. The second-order valence-corrected chi connectivity index (χ2v) is 3.85. The van der Waals surface area contributed by atoms with Crippen molar-refractivity contribution in [2.24, 2.45) is 0 Å². The van der Waals surface area contributed by atoms with Crippen molar-refractivity contribution in [3.8, 4) is 0 Å². The predicted molar refractivity (Wildman–Crippen MR) is 63.2 cm³/mol. The first-order valence-electron chi connectivity index (χ1n) is 5.44. The Labute approximate surface area is 93.9 Å². The molecular formula is C10H16N6. The van der Waals surface area contributed by atoms with Crippen molar-refractivity contribution in [2.45, 2.75) is 32.7 Å². The van der Waals surface area contributed by atoms with Gasteiger partial charge in [-0.05, 0) is 13.3 Å². The van der Waals surface area contributed by atoms with Crippen LogP contribution in [-0.2, 0) is 0 Å². The van der Waals surface area contributed by atoms with E-state index in [0.29, 0.717) is 23.5 Å². The Morgan fingerprint density at radius 2 is 2.38 bits per heavy atom. The molecule has 0 radical (unpaired) electrons. The summed E-state index contributed by atoms with van der Waals surface area (Å²) in [5.41, 5.74) is 6.37. The van der Waals surface area contributed by atoms with Crippen LogP contribution in [0.4, 0.5) is 11.8 Å². The maximum absolute atomic E-state index is 5.78. The molecule has 2 rings (SSSR count). The van der Waals surface area contributed by atoms with E-state index in [4.69, 9.17) is 5.73 Å². The van der Waals surface area contributed by atoms with Crippen LogP contribution in [0.5, 0.6) is 0 Å². The van der Waals surface area contributed by atoms with Crippen LogP contribution in [0, 0.1) is 0 Å². The number of rotatable bonds is 4. The van der Waals surface area contributed by atoms with Crippen molar-refractivity contribution in [1.29, 1.82) is 0 Å². The first-order valence-corrected chi connectivity index (χ1v) is 5.44. The van der Waals surface area contributed by atoms with Gasteiger partial charge in [-0.25, -0.2) is 9.50 Å². The number of nitrogen functional groups attached to an aromatic ring is 1. The average Bonchev–Trinajstić information content (AvgIpc) is 2.66. The summed E-state index contributed by atoms with van der Waals surface area (Å²) in [7, 11) is 0. The summed E-state index contributed by atoms with van der Waals surface area (Å²) in [5, 5.41) is 7.48. The standard InChI is InChI=1S/C10H16N6/c1-3-4-7(2)13-10-14-8(11)9-12-5-6-16(9)15-10/h5-7H,3-4H2,1-2H3,(H3,11,13,14,15). The molecule has 0 fully saturated rings. The number of nitrogens with zero attached hydrogens (tertiary/aromatic N) is 4. The van der Waals surface area contributed by atoms with E-state index in [1.165, 1.54) is 0 Å². The maximum atomic E-state index is 5.78. The fourth-order valence-electron chi connectivity index (χ4n) is 1.64. The molecule has 0 aliphatic rings. The number of nitrogens with one attached hydrogen (secondary N) is 1. The summed E-state index contributed by atoms with van der Waals surface area (Å²) in [4.78, 5) is 8.23. The monoisotopic (exact) mass is 220 g/mol. The highest BCUT2D eigenvalue weighted by Gasteiger charge is 2.07. The van der Waals surface area contributed by atoms with Crippen LogP contribution in [0.1, 0.15) is 26.7 Å². The Bertz CT molecular complexity index is 477. The van der Waals surface area contributed by atoms with E-state index in [0.717, 1.165) is 12.8 Å². The number of nitrogens with two attached hydrogens (primary N) is 1. The smallest absolute Gasteiger partial charge is 0.243 e. The predicted octanol–water partition coefficient (Wildman–Crippen LogP) is 1.31. The topological polar surface area (TPSA) is 81.1 Å². The molecule has 0 saturated carbocycles. The first kappa shape index (κ1) is 10.7. The van der Waals surface area contributed by atoms with Gasteiger partial charge >= 0.3 is 0 Å². The Kier molecular flexibility index (Phi) is 2.89. The number of anilines is 2. The quantitative estimate of drug-likeness (QED) is 0.811. The van der Waals surface area contributed by atoms with Crippen LogP contribution >= 0.6 is 0 Å². The molecule has 1 unspecified atom stereocenters. The minimum Gasteiger partial charge on any atom is -0.380 e. The molecule has 0 amide bonds. The molecule has 0 spiro atoms. The highest BCUT2D eigenvalue weighted by molar-refractivity contribution is 5.60. The van der Waals surface area contributed by atoms with Gasteiger partial charge in [-0.3, -0.25) is 0 Å². The van der Waals surface area contributed by atoms with Gasteiger partial charge in [0, 0.05) is 18.4 Å². The van der Waals surface area contributed by atoms with Crippen molar-refractivity contribution in [2.75, 3.05) is 11.1 Å². The zero-order valence-electron chi connectivity index (χ0n) is 9.51. The molecule has 2 heterocycles. The molecule has 6 nitrogen and oxygen atoms in total. The van der Waals surface area contributed by atoms with Crippen molar-refractivity contribution in [1.82, 2.24) is 19.6 Å². The van der Waals surface area contributed by atoms with Crippen LogP contribution in [0.15, 0.2) is 12.4 Å². The Hall–Kier alpha value is -1.85. The van der Waals surface area contributed by atoms with Gasteiger partial charge in [-0.15, -0.1) is 5.10 Å². The highest BCUT2D eigenvalue weighted by atomic mass is 15.3. The first-order chi connectivity index (χ1) is 7.70. The lowest BCUT2D eigenvalue weighted by Gasteiger charge is -2.12. The molecule has 2 aromatic rings. The van der Waals surface area contributed by atoms with Crippen molar-refractivity contribution < 1.29 is 0 Å². The van der Waals surface area contributed by atoms with E-state index in [2.05, 4.69) is 34.2 Å². The fourth-order valence-corrected chi connectivity index (χ4v) is 1.64. The Balaban J connectivity index is 2.24. The van der Waals surface area contributed by atoms with Gasteiger partial charge in [0.2, 0.25) is 5.95 Å². The van der Waals surface area contributed by atoms with E-state index in [1.807, 2.05) is 0 Å². The molecular weight excluding hydrogens is 204 g/mol. The van der Waals surface area contributed by atoms with Gasteiger partial charge in [-0.1, -0.05) is 13.3 Å². The lowest BCUT2D eigenvalue weighted by molar-refractivity contribution is 0.679. The van der Waals surface area contributed by atoms with E-state index in [-0.39, 0.29) is 0 Å². The minimum absolute atomic E-state index is 0.338. The zero-order valence-corrected chi connectivity index (χ0v) is 9.51.